The number of carbonyl (C=O) groups is 1. The van der Waals surface area contributed by atoms with Crippen molar-refractivity contribution in [3.05, 3.63) is 45.5 Å². The van der Waals surface area contributed by atoms with Gasteiger partial charge in [-0.1, -0.05) is 19.1 Å². The summed E-state index contributed by atoms with van der Waals surface area (Å²) >= 11 is 0. The van der Waals surface area contributed by atoms with E-state index in [2.05, 4.69) is 16.2 Å². The molecule has 2 saturated heterocycles. The Kier molecular flexibility index (Phi) is 3.75. The summed E-state index contributed by atoms with van der Waals surface area (Å²) in [7, 11) is 0. The van der Waals surface area contributed by atoms with Crippen molar-refractivity contribution in [2.24, 2.45) is 5.92 Å². The van der Waals surface area contributed by atoms with Gasteiger partial charge < -0.3 is 9.64 Å². The van der Waals surface area contributed by atoms with Crippen LogP contribution in [-0.4, -0.2) is 44.2 Å². The molecule has 27 heavy (non-hydrogen) atoms. The number of nitrogens with zero attached hydrogens (tertiary/aromatic N) is 3. The summed E-state index contributed by atoms with van der Waals surface area (Å²) in [6.07, 6.45) is 7.37. The Morgan fingerprint density at radius 2 is 2.26 bits per heavy atom. The molecule has 5 rings (SSSR count). The monoisotopic (exact) mass is 368 g/mol. The number of hydrogen-bond donors (Lipinski definition) is 1. The van der Waals surface area contributed by atoms with E-state index in [-0.39, 0.29) is 35.6 Å². The molecule has 3 aliphatic heterocycles. The van der Waals surface area contributed by atoms with Gasteiger partial charge in [0.15, 0.2) is 5.65 Å². The van der Waals surface area contributed by atoms with Crippen LogP contribution in [0.4, 0.5) is 0 Å². The van der Waals surface area contributed by atoms with E-state index in [4.69, 9.17) is 4.74 Å². The number of carbonyl (C=O) groups excluding carboxylic acids is 1. The fraction of sp³-hybridized carbons (Fsp3) is 0.550. The van der Waals surface area contributed by atoms with Crippen molar-refractivity contribution in [2.75, 3.05) is 6.54 Å². The number of hydrogen-bond acceptors (Lipinski definition) is 4. The molecule has 3 aliphatic rings. The second-order valence-electron chi connectivity index (χ2n) is 7.80. The van der Waals surface area contributed by atoms with Gasteiger partial charge >= 0.3 is 0 Å². The number of nitrogens with one attached hydrogen (secondary N) is 1. The lowest BCUT2D eigenvalue weighted by Gasteiger charge is -2.28. The Bertz CT molecular complexity index is 1000. The molecule has 4 unspecified atom stereocenters. The van der Waals surface area contributed by atoms with E-state index in [0.717, 1.165) is 42.8 Å². The molecule has 7 nitrogen and oxygen atoms in total. The Balaban J connectivity index is 1.48. The fourth-order valence-corrected chi connectivity index (χ4v) is 4.85. The SMILES string of the molecule is CCc1c(C)nc2cc(C3CCCN3C(=O)C3CC4C=CC3O4)[nH]n2c1=O. The topological polar surface area (TPSA) is 79.7 Å². The number of H-pyrrole nitrogens is 1. The fourth-order valence-electron chi connectivity index (χ4n) is 4.85. The first-order chi connectivity index (χ1) is 13.1. The number of aryl methyl sites for hydroxylation is 1. The highest BCUT2D eigenvalue weighted by Gasteiger charge is 2.45. The van der Waals surface area contributed by atoms with Gasteiger partial charge in [-0.2, -0.15) is 0 Å². The molecule has 0 radical (unpaired) electrons. The van der Waals surface area contributed by atoms with E-state index in [1.165, 1.54) is 4.52 Å². The Hall–Kier alpha value is -2.41. The smallest absolute Gasteiger partial charge is 0.276 e. The summed E-state index contributed by atoms with van der Waals surface area (Å²) in [6, 6.07) is 1.88. The number of likely N-dealkylation sites (tertiary alicyclic amines) is 1. The van der Waals surface area contributed by atoms with Crippen LogP contribution in [0.25, 0.3) is 5.65 Å². The van der Waals surface area contributed by atoms with E-state index < -0.39 is 0 Å². The van der Waals surface area contributed by atoms with Gasteiger partial charge in [0.25, 0.3) is 5.56 Å². The molecule has 7 heteroatoms. The van der Waals surface area contributed by atoms with Crippen LogP contribution in [0.15, 0.2) is 23.0 Å². The molecule has 2 aromatic rings. The first-order valence-corrected chi connectivity index (χ1v) is 9.82. The van der Waals surface area contributed by atoms with E-state index in [9.17, 15) is 9.59 Å². The zero-order chi connectivity index (χ0) is 18.7. The van der Waals surface area contributed by atoms with E-state index in [1.807, 2.05) is 30.9 Å². The van der Waals surface area contributed by atoms with Gasteiger partial charge in [-0.25, -0.2) is 9.50 Å². The average molecular weight is 368 g/mol. The van der Waals surface area contributed by atoms with Gasteiger partial charge in [0.05, 0.1) is 29.9 Å². The Labute approximate surface area is 157 Å². The van der Waals surface area contributed by atoms with Gasteiger partial charge in [0.2, 0.25) is 5.91 Å². The van der Waals surface area contributed by atoms with E-state index in [1.54, 1.807) is 0 Å². The zero-order valence-corrected chi connectivity index (χ0v) is 15.6. The average Bonchev–Trinajstić information content (AvgIpc) is 3.42. The van der Waals surface area contributed by atoms with Crippen molar-refractivity contribution in [3.63, 3.8) is 0 Å². The summed E-state index contributed by atoms with van der Waals surface area (Å²) in [5, 5.41) is 3.22. The Morgan fingerprint density at radius 3 is 2.96 bits per heavy atom. The maximum atomic E-state index is 13.2. The van der Waals surface area contributed by atoms with Crippen LogP contribution < -0.4 is 5.56 Å². The highest BCUT2D eigenvalue weighted by atomic mass is 16.5. The van der Waals surface area contributed by atoms with Crippen molar-refractivity contribution >= 4 is 11.6 Å². The molecule has 0 saturated carbocycles. The number of amides is 1. The van der Waals surface area contributed by atoms with Gasteiger partial charge in [-0.15, -0.1) is 0 Å². The van der Waals surface area contributed by atoms with Crippen molar-refractivity contribution in [1.82, 2.24) is 19.5 Å². The van der Waals surface area contributed by atoms with Gasteiger partial charge in [-0.05, 0) is 32.6 Å². The predicted molar refractivity (Wildman–Crippen MR) is 99.5 cm³/mol. The molecule has 0 spiro atoms. The van der Waals surface area contributed by atoms with Crippen LogP contribution in [0.3, 0.4) is 0 Å². The third-order valence-corrected chi connectivity index (χ3v) is 6.23. The van der Waals surface area contributed by atoms with Gasteiger partial charge in [0.1, 0.15) is 0 Å². The third-order valence-electron chi connectivity index (χ3n) is 6.23. The highest BCUT2D eigenvalue weighted by molar-refractivity contribution is 5.81. The molecule has 0 aromatic carbocycles. The van der Waals surface area contributed by atoms with Crippen LogP contribution in [0, 0.1) is 12.8 Å². The molecular formula is C20H24N4O3. The molecule has 4 atom stereocenters. The minimum Gasteiger partial charge on any atom is -0.366 e. The standard InChI is InChI=1S/C20H24N4O3/c1-3-13-11(2)21-18-10-15(22-24(18)20(13)26)16-5-4-8-23(16)19(25)14-9-12-6-7-17(14)27-12/h6-7,10,12,14,16-17,22H,3-5,8-9H2,1-2H3. The van der Waals surface area contributed by atoms with Crippen LogP contribution in [0.1, 0.15) is 49.2 Å². The lowest BCUT2D eigenvalue weighted by Crippen LogP contribution is -2.39. The minimum atomic E-state index is -0.0836. The first-order valence-electron chi connectivity index (χ1n) is 9.82. The first kappa shape index (κ1) is 16.7. The van der Waals surface area contributed by atoms with E-state index in [0.29, 0.717) is 12.1 Å². The molecule has 2 aromatic heterocycles. The molecule has 2 bridgehead atoms. The molecular weight excluding hydrogens is 344 g/mol. The van der Waals surface area contributed by atoms with Crippen LogP contribution in [0.5, 0.6) is 0 Å². The quantitative estimate of drug-likeness (QED) is 0.839. The maximum Gasteiger partial charge on any atom is 0.276 e. The summed E-state index contributed by atoms with van der Waals surface area (Å²) in [5.74, 6) is 0.0819. The molecule has 1 amide bonds. The number of rotatable bonds is 3. The van der Waals surface area contributed by atoms with Gasteiger partial charge in [0, 0.05) is 23.9 Å². The molecule has 5 heterocycles. The summed E-state index contributed by atoms with van der Waals surface area (Å²) < 4.78 is 7.31. The second-order valence-corrected chi connectivity index (χ2v) is 7.80. The van der Waals surface area contributed by atoms with Crippen molar-refractivity contribution in [1.29, 1.82) is 0 Å². The largest absolute Gasteiger partial charge is 0.366 e. The van der Waals surface area contributed by atoms with Crippen LogP contribution in [-0.2, 0) is 16.0 Å². The molecule has 2 fully saturated rings. The number of fused-ring (bicyclic) bond motifs is 3. The van der Waals surface area contributed by atoms with Crippen LogP contribution in [0.2, 0.25) is 0 Å². The highest BCUT2D eigenvalue weighted by Crippen LogP contribution is 2.39. The molecule has 142 valence electrons. The van der Waals surface area contributed by atoms with Crippen molar-refractivity contribution < 1.29 is 9.53 Å². The number of aromatic amines is 1. The lowest BCUT2D eigenvalue weighted by atomic mass is 9.92. The molecule has 0 aliphatic carbocycles. The minimum absolute atomic E-state index is 0.0351. The van der Waals surface area contributed by atoms with E-state index >= 15 is 0 Å². The second kappa shape index (κ2) is 6.05. The normalized spacial score (nSPS) is 29.3. The Morgan fingerprint density at radius 1 is 1.41 bits per heavy atom. The van der Waals surface area contributed by atoms with Crippen molar-refractivity contribution in [3.8, 4) is 0 Å². The summed E-state index contributed by atoms with van der Waals surface area (Å²) in [6.45, 7) is 4.59. The molecule has 1 N–H and O–H groups in total. The number of aromatic nitrogens is 3. The van der Waals surface area contributed by atoms with Crippen molar-refractivity contribution in [2.45, 2.75) is 57.8 Å². The van der Waals surface area contributed by atoms with Gasteiger partial charge in [-0.3, -0.25) is 14.7 Å². The number of ether oxygens (including phenoxy) is 1. The lowest BCUT2D eigenvalue weighted by molar-refractivity contribution is -0.137. The van der Waals surface area contributed by atoms with Crippen LogP contribution >= 0.6 is 0 Å². The summed E-state index contributed by atoms with van der Waals surface area (Å²) in [5.41, 5.74) is 2.96. The zero-order valence-electron chi connectivity index (χ0n) is 15.6. The predicted octanol–water partition coefficient (Wildman–Crippen LogP) is 1.90. The summed E-state index contributed by atoms with van der Waals surface area (Å²) in [4.78, 5) is 32.4. The maximum absolute atomic E-state index is 13.2. The third kappa shape index (κ3) is 2.48.